The molecule has 2 aromatic heterocycles. The van der Waals surface area contributed by atoms with Crippen LogP contribution in [0.5, 0.6) is 0 Å². The first-order valence-electron chi connectivity index (χ1n) is 12.1. The van der Waals surface area contributed by atoms with Gasteiger partial charge in [-0.15, -0.1) is 0 Å². The number of benzene rings is 1. The number of carbonyl (C=O) groups is 1. The van der Waals surface area contributed by atoms with Gasteiger partial charge in [0.15, 0.2) is 0 Å². The molecule has 1 aromatic carbocycles. The Morgan fingerprint density at radius 2 is 1.83 bits per heavy atom. The van der Waals surface area contributed by atoms with Crippen molar-refractivity contribution in [1.82, 2.24) is 14.3 Å². The number of fused-ring (bicyclic) bond motifs is 1. The monoisotopic (exact) mass is 504 g/mol. The maximum absolute atomic E-state index is 13.5. The molecule has 1 N–H and O–H groups in total. The maximum atomic E-state index is 13.5. The number of hydrogen-bond donors (Lipinski definition) is 1. The lowest BCUT2D eigenvalue weighted by molar-refractivity contribution is -0.122. The number of rotatable bonds is 6. The lowest BCUT2D eigenvalue weighted by atomic mass is 9.87. The van der Waals surface area contributed by atoms with Crippen LogP contribution in [0.4, 0.5) is 5.82 Å². The highest BCUT2D eigenvalue weighted by molar-refractivity contribution is 8.26. The summed E-state index contributed by atoms with van der Waals surface area (Å²) in [7, 11) is 0. The fourth-order valence-corrected chi connectivity index (χ4v) is 5.94. The second-order valence-electron chi connectivity index (χ2n) is 9.28. The van der Waals surface area contributed by atoms with Crippen molar-refractivity contribution in [3.63, 3.8) is 0 Å². The van der Waals surface area contributed by atoms with Crippen molar-refractivity contribution in [2.75, 3.05) is 11.9 Å². The smallest absolute Gasteiger partial charge is 0.267 e. The Kier molecular flexibility index (Phi) is 7.02. The van der Waals surface area contributed by atoms with E-state index in [4.69, 9.17) is 17.2 Å². The lowest BCUT2D eigenvalue weighted by Gasteiger charge is -2.27. The van der Waals surface area contributed by atoms with E-state index in [2.05, 4.69) is 12.2 Å². The van der Waals surface area contributed by atoms with Gasteiger partial charge in [-0.05, 0) is 61.8 Å². The van der Waals surface area contributed by atoms with Gasteiger partial charge in [0.25, 0.3) is 11.5 Å². The first-order chi connectivity index (χ1) is 17.0. The van der Waals surface area contributed by atoms with Crippen molar-refractivity contribution in [1.29, 1.82) is 0 Å². The van der Waals surface area contributed by atoms with Crippen LogP contribution in [0.15, 0.2) is 64.4 Å². The summed E-state index contributed by atoms with van der Waals surface area (Å²) in [4.78, 5) is 33.6. The molecule has 0 spiro atoms. The zero-order valence-corrected chi connectivity index (χ0v) is 21.3. The number of carbonyl (C=O) groups excluding carboxylic acids is 1. The number of anilines is 1. The number of aromatic nitrogens is 2. The molecule has 0 bridgehead atoms. The zero-order chi connectivity index (χ0) is 24.4. The number of nitrogens with zero attached hydrogens (tertiary/aromatic N) is 3. The van der Waals surface area contributed by atoms with Crippen LogP contribution in [-0.4, -0.2) is 37.1 Å². The predicted octanol–water partition coefficient (Wildman–Crippen LogP) is 5.13. The van der Waals surface area contributed by atoms with E-state index in [-0.39, 0.29) is 17.5 Å². The second-order valence-corrected chi connectivity index (χ2v) is 11.0. The molecule has 1 aliphatic heterocycles. The third kappa shape index (κ3) is 5.18. The van der Waals surface area contributed by atoms with Gasteiger partial charge in [0.1, 0.15) is 15.8 Å². The third-order valence-electron chi connectivity index (χ3n) is 6.74. The minimum Gasteiger partial charge on any atom is -0.367 e. The number of nitrogens with one attached hydrogen (secondary N) is 1. The van der Waals surface area contributed by atoms with Gasteiger partial charge in [-0.1, -0.05) is 67.3 Å². The minimum atomic E-state index is -0.197. The molecule has 0 atom stereocenters. The molecule has 3 heterocycles. The lowest BCUT2D eigenvalue weighted by Crippen LogP contribution is -2.30. The van der Waals surface area contributed by atoms with E-state index in [0.29, 0.717) is 39.2 Å². The standard InChI is InChI=1S/C27H28N4O2S2/c1-18-10-12-20(13-11-18)28-24-21(25(32)30-15-6-5-9-23(30)29-24)17-22-26(33)31(27(34)35-22)16-14-19-7-3-2-4-8-19/h2-9,15,17-18,20,28H,10-14,16H2,1H3. The highest BCUT2D eigenvalue weighted by atomic mass is 32.2. The zero-order valence-electron chi connectivity index (χ0n) is 19.6. The number of hydrogen-bond acceptors (Lipinski definition) is 6. The van der Waals surface area contributed by atoms with E-state index in [1.54, 1.807) is 23.2 Å². The quantitative estimate of drug-likeness (QED) is 0.371. The van der Waals surface area contributed by atoms with Crippen molar-refractivity contribution in [2.45, 2.75) is 45.1 Å². The van der Waals surface area contributed by atoms with E-state index >= 15 is 0 Å². The molecule has 1 amide bonds. The Labute approximate surface area is 214 Å². The summed E-state index contributed by atoms with van der Waals surface area (Å²) in [6, 6.07) is 15.8. The van der Waals surface area contributed by atoms with Gasteiger partial charge in [0.05, 0.1) is 10.5 Å². The molecular formula is C27H28N4O2S2. The van der Waals surface area contributed by atoms with Gasteiger partial charge >= 0.3 is 0 Å². The molecule has 1 aliphatic carbocycles. The topological polar surface area (TPSA) is 66.7 Å². The van der Waals surface area contributed by atoms with Crippen LogP contribution in [-0.2, 0) is 11.2 Å². The first kappa shape index (κ1) is 23.8. The molecule has 6 nitrogen and oxygen atoms in total. The Balaban J connectivity index is 1.45. The fraction of sp³-hybridized carbons (Fsp3) is 0.333. The van der Waals surface area contributed by atoms with Crippen molar-refractivity contribution >= 4 is 51.7 Å². The van der Waals surface area contributed by atoms with Crippen LogP contribution in [0.1, 0.15) is 43.7 Å². The molecule has 8 heteroatoms. The van der Waals surface area contributed by atoms with E-state index in [1.807, 2.05) is 42.5 Å². The molecular weight excluding hydrogens is 476 g/mol. The van der Waals surface area contributed by atoms with Gasteiger partial charge in [-0.2, -0.15) is 0 Å². The molecule has 0 radical (unpaired) electrons. The molecule has 1 saturated carbocycles. The molecule has 180 valence electrons. The number of amides is 1. The van der Waals surface area contributed by atoms with Crippen molar-refractivity contribution in [2.24, 2.45) is 5.92 Å². The van der Waals surface area contributed by atoms with Crippen molar-refractivity contribution < 1.29 is 4.79 Å². The minimum absolute atomic E-state index is 0.161. The molecule has 2 aliphatic rings. The Morgan fingerprint density at radius 3 is 2.60 bits per heavy atom. The summed E-state index contributed by atoms with van der Waals surface area (Å²) in [6.45, 7) is 2.79. The Bertz CT molecular complexity index is 1340. The largest absolute Gasteiger partial charge is 0.367 e. The highest BCUT2D eigenvalue weighted by Crippen LogP contribution is 2.34. The summed E-state index contributed by atoms with van der Waals surface area (Å²) in [5.41, 5.74) is 1.93. The summed E-state index contributed by atoms with van der Waals surface area (Å²) < 4.78 is 2.04. The second kappa shape index (κ2) is 10.3. The van der Waals surface area contributed by atoms with Crippen LogP contribution < -0.4 is 10.9 Å². The predicted molar refractivity (Wildman–Crippen MR) is 147 cm³/mol. The van der Waals surface area contributed by atoms with Crippen LogP contribution in [0.25, 0.3) is 11.7 Å². The molecule has 1 saturated heterocycles. The summed E-state index contributed by atoms with van der Waals surface area (Å²) >= 11 is 6.77. The van der Waals surface area contributed by atoms with E-state index in [0.717, 1.165) is 37.2 Å². The van der Waals surface area contributed by atoms with Crippen molar-refractivity contribution in [3.8, 4) is 0 Å². The van der Waals surface area contributed by atoms with Crippen molar-refractivity contribution in [3.05, 3.63) is 81.1 Å². The number of pyridine rings is 1. The van der Waals surface area contributed by atoms with Gasteiger partial charge in [-0.3, -0.25) is 18.9 Å². The summed E-state index contributed by atoms with van der Waals surface area (Å²) in [5.74, 6) is 1.10. The van der Waals surface area contributed by atoms with Gasteiger partial charge < -0.3 is 5.32 Å². The Morgan fingerprint density at radius 1 is 1.09 bits per heavy atom. The number of thiocarbonyl (C=S) groups is 1. The summed E-state index contributed by atoms with van der Waals surface area (Å²) in [5, 5.41) is 3.52. The van der Waals surface area contributed by atoms with Crippen LogP contribution in [0, 0.1) is 5.92 Å². The Hall–Kier alpha value is -2.97. The van der Waals surface area contributed by atoms with Crippen LogP contribution in [0.3, 0.4) is 0 Å². The fourth-order valence-electron chi connectivity index (χ4n) is 4.65. The highest BCUT2D eigenvalue weighted by Gasteiger charge is 2.32. The number of thioether (sulfide) groups is 1. The maximum Gasteiger partial charge on any atom is 0.267 e. The van der Waals surface area contributed by atoms with Gasteiger partial charge in [0, 0.05) is 18.8 Å². The first-order valence-corrected chi connectivity index (χ1v) is 13.3. The van der Waals surface area contributed by atoms with Crippen LogP contribution in [0.2, 0.25) is 0 Å². The van der Waals surface area contributed by atoms with E-state index in [9.17, 15) is 9.59 Å². The molecule has 3 aromatic rings. The third-order valence-corrected chi connectivity index (χ3v) is 8.12. The van der Waals surface area contributed by atoms with Crippen LogP contribution >= 0.6 is 24.0 Å². The molecule has 35 heavy (non-hydrogen) atoms. The van der Waals surface area contributed by atoms with Gasteiger partial charge in [-0.25, -0.2) is 4.98 Å². The molecule has 2 fully saturated rings. The average molecular weight is 505 g/mol. The average Bonchev–Trinajstić information content (AvgIpc) is 3.14. The van der Waals surface area contributed by atoms with E-state index in [1.165, 1.54) is 16.2 Å². The molecule has 5 rings (SSSR count). The molecule has 0 unspecified atom stereocenters. The normalized spacial score (nSPS) is 21.7. The van der Waals surface area contributed by atoms with E-state index < -0.39 is 0 Å². The van der Waals surface area contributed by atoms with Gasteiger partial charge in [0.2, 0.25) is 0 Å². The SMILES string of the molecule is CC1CCC(Nc2nc3ccccn3c(=O)c2C=C2SC(=S)N(CCc3ccccc3)C2=O)CC1. The summed E-state index contributed by atoms with van der Waals surface area (Å²) in [6.07, 6.45) is 8.48.